The summed E-state index contributed by atoms with van der Waals surface area (Å²) in [5, 5.41) is 51.6. The quantitative estimate of drug-likeness (QED) is 0.207. The minimum atomic E-state index is -3.97. The van der Waals surface area contributed by atoms with Gasteiger partial charge in [0.25, 0.3) is 0 Å². The molecule has 0 aromatic rings. The molecule has 5 N–H and O–H groups in total. The molecule has 0 aliphatic carbocycles. The Labute approximate surface area is 143 Å². The maximum absolute atomic E-state index is 12.1. The molecule has 0 fully saturated rings. The fourth-order valence-corrected chi connectivity index (χ4v) is 2.74. The van der Waals surface area contributed by atoms with Crippen LogP contribution in [0.15, 0.2) is 0 Å². The first-order chi connectivity index (χ1) is 11.0. The van der Waals surface area contributed by atoms with Crippen LogP contribution >= 0.6 is 0 Å². The Bertz CT molecular complexity index is 636. The summed E-state index contributed by atoms with van der Waals surface area (Å²) in [5.41, 5.74) is -14.6. The van der Waals surface area contributed by atoms with E-state index < -0.39 is 57.9 Å². The Morgan fingerprint density at radius 3 is 1.28 bits per heavy atom. The second-order valence-corrected chi connectivity index (χ2v) is 6.12. The second kappa shape index (κ2) is 6.81. The maximum atomic E-state index is 12.1. The molecule has 142 valence electrons. The fourth-order valence-electron chi connectivity index (χ4n) is 2.74. The monoisotopic (exact) mass is 362 g/mol. The Morgan fingerprint density at radius 2 is 1.08 bits per heavy atom. The molecule has 0 heterocycles. The SMILES string of the molecule is CC(=O)C(=O)[C@@](O)(C(C)=O)[C@](O)(C(C)=O)[C@](O)(C(C)=O)[C@](C)(O)CO. The Balaban J connectivity index is 7.33. The summed E-state index contributed by atoms with van der Waals surface area (Å²) in [7, 11) is 0. The highest BCUT2D eigenvalue weighted by Gasteiger charge is 2.77. The van der Waals surface area contributed by atoms with Gasteiger partial charge in [-0.15, -0.1) is 0 Å². The summed E-state index contributed by atoms with van der Waals surface area (Å²) < 4.78 is 0. The van der Waals surface area contributed by atoms with Gasteiger partial charge in [-0.25, -0.2) is 0 Å². The number of carbonyl (C=O) groups excluding carboxylic acids is 5. The van der Waals surface area contributed by atoms with Gasteiger partial charge in [0.15, 0.2) is 28.7 Å². The summed E-state index contributed by atoms with van der Waals surface area (Å²) in [6.45, 7) is 1.46. The van der Waals surface area contributed by atoms with Gasteiger partial charge in [-0.3, -0.25) is 24.0 Å². The van der Waals surface area contributed by atoms with Crippen molar-refractivity contribution in [1.82, 2.24) is 0 Å². The average Bonchev–Trinajstić information content (AvgIpc) is 2.50. The molecule has 0 amide bonds. The Kier molecular flexibility index (Phi) is 6.30. The molecule has 0 spiro atoms. The van der Waals surface area contributed by atoms with E-state index in [9.17, 15) is 49.5 Å². The van der Waals surface area contributed by atoms with Crippen molar-refractivity contribution >= 4 is 28.9 Å². The molecule has 0 aliphatic heterocycles. The van der Waals surface area contributed by atoms with Gasteiger partial charge < -0.3 is 25.5 Å². The van der Waals surface area contributed by atoms with E-state index in [0.717, 1.165) is 0 Å². The van der Waals surface area contributed by atoms with Crippen LogP contribution in [-0.4, -0.2) is 83.5 Å². The molecular formula is C15H22O10. The molecule has 0 bridgehead atoms. The predicted octanol–water partition coefficient (Wildman–Crippen LogP) is -3.15. The van der Waals surface area contributed by atoms with E-state index in [1.807, 2.05) is 0 Å². The van der Waals surface area contributed by atoms with Crippen molar-refractivity contribution in [2.75, 3.05) is 6.61 Å². The zero-order valence-electron chi connectivity index (χ0n) is 14.5. The third-order valence-corrected chi connectivity index (χ3v) is 4.31. The van der Waals surface area contributed by atoms with Crippen LogP contribution in [-0.2, 0) is 24.0 Å². The minimum absolute atomic E-state index is 0.517. The van der Waals surface area contributed by atoms with Crippen molar-refractivity contribution < 1.29 is 49.5 Å². The average molecular weight is 362 g/mol. The summed E-state index contributed by atoms with van der Waals surface area (Å²) in [6.07, 6.45) is 0. The van der Waals surface area contributed by atoms with Crippen molar-refractivity contribution in [1.29, 1.82) is 0 Å². The fraction of sp³-hybridized carbons (Fsp3) is 0.667. The number of hydrogen-bond donors (Lipinski definition) is 5. The topological polar surface area (TPSA) is 186 Å². The van der Waals surface area contributed by atoms with Gasteiger partial charge in [0.1, 0.15) is 5.60 Å². The minimum Gasteiger partial charge on any atom is -0.393 e. The van der Waals surface area contributed by atoms with Crippen molar-refractivity contribution in [3.05, 3.63) is 0 Å². The van der Waals surface area contributed by atoms with E-state index in [1.165, 1.54) is 0 Å². The van der Waals surface area contributed by atoms with E-state index >= 15 is 0 Å². The first-order valence-electron chi connectivity index (χ1n) is 7.08. The third-order valence-electron chi connectivity index (χ3n) is 4.31. The molecule has 0 aromatic carbocycles. The third kappa shape index (κ3) is 2.85. The van der Waals surface area contributed by atoms with Gasteiger partial charge in [-0.05, 0) is 27.7 Å². The van der Waals surface area contributed by atoms with Crippen molar-refractivity contribution in [2.45, 2.75) is 57.0 Å². The number of ketones is 5. The number of Topliss-reactive ketones (excluding diaryl/α,β-unsaturated/α-hetero) is 5. The van der Waals surface area contributed by atoms with Crippen LogP contribution < -0.4 is 0 Å². The lowest BCUT2D eigenvalue weighted by Gasteiger charge is -2.52. The summed E-state index contributed by atoms with van der Waals surface area (Å²) >= 11 is 0. The Morgan fingerprint density at radius 1 is 0.720 bits per heavy atom. The molecule has 0 aromatic heterocycles. The van der Waals surface area contributed by atoms with E-state index in [-0.39, 0.29) is 0 Å². The predicted molar refractivity (Wildman–Crippen MR) is 80.3 cm³/mol. The van der Waals surface area contributed by atoms with Crippen molar-refractivity contribution in [3.8, 4) is 0 Å². The molecule has 0 unspecified atom stereocenters. The lowest BCUT2D eigenvalue weighted by atomic mass is 9.58. The highest BCUT2D eigenvalue weighted by molar-refractivity contribution is 6.45. The van der Waals surface area contributed by atoms with Gasteiger partial charge in [0.2, 0.25) is 17.0 Å². The van der Waals surface area contributed by atoms with Gasteiger partial charge >= 0.3 is 0 Å². The van der Waals surface area contributed by atoms with E-state index in [0.29, 0.717) is 34.6 Å². The van der Waals surface area contributed by atoms with E-state index in [1.54, 1.807) is 0 Å². The van der Waals surface area contributed by atoms with Gasteiger partial charge in [-0.2, -0.15) is 0 Å². The molecule has 0 aliphatic rings. The molecule has 4 atom stereocenters. The van der Waals surface area contributed by atoms with Crippen LogP contribution in [0.4, 0.5) is 0 Å². The number of hydrogen-bond acceptors (Lipinski definition) is 10. The summed E-state index contributed by atoms with van der Waals surface area (Å²) in [6, 6.07) is 0. The van der Waals surface area contributed by atoms with Crippen LogP contribution in [0.25, 0.3) is 0 Å². The number of aliphatic hydroxyl groups is 5. The van der Waals surface area contributed by atoms with E-state index in [2.05, 4.69) is 0 Å². The molecule has 10 heteroatoms. The van der Waals surface area contributed by atoms with Crippen LogP contribution in [0.1, 0.15) is 34.6 Å². The molecule has 0 saturated carbocycles. The zero-order chi connectivity index (χ0) is 20.6. The number of carbonyl (C=O) groups is 5. The Hall–Kier alpha value is -1.85. The molecule has 25 heavy (non-hydrogen) atoms. The first kappa shape index (κ1) is 23.1. The van der Waals surface area contributed by atoms with Gasteiger partial charge in [0.05, 0.1) is 6.61 Å². The van der Waals surface area contributed by atoms with Crippen LogP contribution in [0.2, 0.25) is 0 Å². The highest BCUT2D eigenvalue weighted by Crippen LogP contribution is 2.43. The molecule has 0 rings (SSSR count). The molecular weight excluding hydrogens is 340 g/mol. The van der Waals surface area contributed by atoms with Gasteiger partial charge in [-0.1, -0.05) is 0 Å². The molecule has 10 nitrogen and oxygen atoms in total. The standard InChI is InChI=1S/C15H22O10/c1-7(17)11(21)13(23,8(2)18)15(25,10(4)20)14(24,9(3)19)12(5,22)6-16/h16,22-25H,6H2,1-5H3/t12-,13+,14+,15-/m1/s1. The summed E-state index contributed by atoms with van der Waals surface area (Å²) in [4.78, 5) is 59.7. The second-order valence-electron chi connectivity index (χ2n) is 6.12. The first-order valence-corrected chi connectivity index (χ1v) is 7.08. The van der Waals surface area contributed by atoms with Crippen molar-refractivity contribution in [2.24, 2.45) is 0 Å². The normalized spacial score (nSPS) is 21.0. The van der Waals surface area contributed by atoms with Crippen LogP contribution in [0.3, 0.4) is 0 Å². The van der Waals surface area contributed by atoms with Crippen LogP contribution in [0, 0.1) is 0 Å². The number of rotatable bonds is 9. The summed E-state index contributed by atoms with van der Waals surface area (Å²) in [5.74, 6) is -8.32. The lowest BCUT2D eigenvalue weighted by Crippen LogP contribution is -2.84. The smallest absolute Gasteiger partial charge is 0.240 e. The molecule has 0 saturated heterocycles. The lowest BCUT2D eigenvalue weighted by molar-refractivity contribution is -0.266. The zero-order valence-corrected chi connectivity index (χ0v) is 14.5. The number of aliphatic hydroxyl groups excluding tert-OH is 1. The molecule has 0 radical (unpaired) electrons. The van der Waals surface area contributed by atoms with Crippen molar-refractivity contribution in [3.63, 3.8) is 0 Å². The van der Waals surface area contributed by atoms with E-state index in [4.69, 9.17) is 0 Å². The van der Waals surface area contributed by atoms with Gasteiger partial charge in [0, 0.05) is 6.92 Å². The maximum Gasteiger partial charge on any atom is 0.240 e. The largest absolute Gasteiger partial charge is 0.393 e. The highest BCUT2D eigenvalue weighted by atomic mass is 16.4. The van der Waals surface area contributed by atoms with Crippen LogP contribution in [0.5, 0.6) is 0 Å².